The summed E-state index contributed by atoms with van der Waals surface area (Å²) in [4.78, 5) is 7.77. The van der Waals surface area contributed by atoms with E-state index in [1.807, 2.05) is 26.0 Å². The molecule has 0 N–H and O–H groups in total. The molecule has 1 aromatic heterocycles. The molecule has 0 spiro atoms. The summed E-state index contributed by atoms with van der Waals surface area (Å²) in [5.41, 5.74) is 1.55. The van der Waals surface area contributed by atoms with Crippen LogP contribution < -0.4 is 0 Å². The van der Waals surface area contributed by atoms with E-state index in [2.05, 4.69) is 23.3 Å². The monoisotopic (exact) mass is 178 g/mol. The van der Waals surface area contributed by atoms with Crippen molar-refractivity contribution in [2.45, 2.75) is 21.3 Å². The van der Waals surface area contributed by atoms with Crippen LogP contribution in [0.2, 0.25) is 0 Å². The summed E-state index contributed by atoms with van der Waals surface area (Å²) < 4.78 is 0. The summed E-state index contributed by atoms with van der Waals surface area (Å²) >= 11 is 0. The first-order valence-corrected chi connectivity index (χ1v) is 3.92. The van der Waals surface area contributed by atoms with E-state index < -0.39 is 0 Å². The molecule has 1 rings (SSSR count). The fourth-order valence-corrected chi connectivity index (χ4v) is 0.700. The lowest BCUT2D eigenvalue weighted by Crippen LogP contribution is -1.77. The molecule has 0 aliphatic heterocycles. The molecule has 1 heterocycles. The van der Waals surface area contributed by atoms with Gasteiger partial charge in [-0.3, -0.25) is 9.98 Å². The van der Waals surface area contributed by atoms with Gasteiger partial charge in [0.05, 0.1) is 11.4 Å². The molecule has 2 nitrogen and oxygen atoms in total. The number of hydrogen-bond acceptors (Lipinski definition) is 2. The van der Waals surface area contributed by atoms with Crippen LogP contribution in [0.15, 0.2) is 29.9 Å². The maximum absolute atomic E-state index is 4.02. The molecule has 0 radical (unpaired) electrons. The molecule has 2 heteroatoms. The van der Waals surface area contributed by atoms with Gasteiger partial charge < -0.3 is 0 Å². The molecular weight excluding hydrogens is 160 g/mol. The molecule has 0 fully saturated rings. The lowest BCUT2D eigenvalue weighted by atomic mass is 10.3. The van der Waals surface area contributed by atoms with E-state index in [-0.39, 0.29) is 7.43 Å². The second-order valence-electron chi connectivity index (χ2n) is 1.77. The molecule has 0 amide bonds. The highest BCUT2D eigenvalue weighted by atomic mass is 14.8. The largest absolute Gasteiger partial charge is 0.262 e. The quantitative estimate of drug-likeness (QED) is 0.633. The van der Waals surface area contributed by atoms with Gasteiger partial charge in [-0.1, -0.05) is 27.9 Å². The van der Waals surface area contributed by atoms with E-state index in [0.717, 1.165) is 11.4 Å². The average Bonchev–Trinajstić information content (AvgIpc) is 2.20. The Labute approximate surface area is 81.1 Å². The van der Waals surface area contributed by atoms with Crippen LogP contribution in [0.25, 0.3) is 6.08 Å². The Kier molecular flexibility index (Phi) is 9.39. The maximum atomic E-state index is 4.02. The Morgan fingerprint density at radius 1 is 1.46 bits per heavy atom. The normalized spacial score (nSPS) is 7.23. The summed E-state index contributed by atoms with van der Waals surface area (Å²) in [6.07, 6.45) is 3.36. The average molecular weight is 178 g/mol. The van der Waals surface area contributed by atoms with E-state index in [4.69, 9.17) is 0 Å². The zero-order chi connectivity index (χ0) is 9.40. The molecule has 0 aromatic carbocycles. The lowest BCUT2D eigenvalue weighted by molar-refractivity contribution is 1.28. The second kappa shape index (κ2) is 8.65. The van der Waals surface area contributed by atoms with E-state index in [1.54, 1.807) is 12.3 Å². The van der Waals surface area contributed by atoms with Crippen molar-refractivity contribution >= 4 is 18.5 Å². The van der Waals surface area contributed by atoms with Crippen LogP contribution in [0, 0.1) is 0 Å². The second-order valence-corrected chi connectivity index (χ2v) is 1.77. The van der Waals surface area contributed by atoms with Gasteiger partial charge in [0.15, 0.2) is 0 Å². The van der Waals surface area contributed by atoms with Gasteiger partial charge in [0, 0.05) is 6.20 Å². The van der Waals surface area contributed by atoms with E-state index >= 15 is 0 Å². The molecule has 0 aliphatic carbocycles. The standard InChI is InChI=1S/C8H8N2.C2H6.CH4/c1-3-7-8(9-2)5-4-6-10-7;1-2;/h3-6H,1-2H2;1-2H3;1H4. The highest BCUT2D eigenvalue weighted by molar-refractivity contribution is 5.60. The third kappa shape index (κ3) is 4.21. The van der Waals surface area contributed by atoms with Crippen molar-refractivity contribution in [2.24, 2.45) is 4.99 Å². The van der Waals surface area contributed by atoms with E-state index in [9.17, 15) is 0 Å². The molecular formula is C11H18N2. The molecule has 0 atom stereocenters. The Hall–Kier alpha value is -1.44. The van der Waals surface area contributed by atoms with Crippen molar-refractivity contribution in [3.05, 3.63) is 30.6 Å². The van der Waals surface area contributed by atoms with Crippen LogP contribution in [-0.2, 0) is 0 Å². The van der Waals surface area contributed by atoms with Crippen LogP contribution in [0.5, 0.6) is 0 Å². The van der Waals surface area contributed by atoms with E-state index in [0.29, 0.717) is 0 Å². The van der Waals surface area contributed by atoms with E-state index in [1.165, 1.54) is 0 Å². The van der Waals surface area contributed by atoms with Gasteiger partial charge in [-0.2, -0.15) is 0 Å². The molecule has 72 valence electrons. The van der Waals surface area contributed by atoms with Crippen molar-refractivity contribution in [3.63, 3.8) is 0 Å². The minimum absolute atomic E-state index is 0. The number of rotatable bonds is 2. The number of aromatic nitrogens is 1. The van der Waals surface area contributed by atoms with Crippen molar-refractivity contribution in [2.75, 3.05) is 0 Å². The topological polar surface area (TPSA) is 25.2 Å². The first kappa shape index (κ1) is 14.1. The van der Waals surface area contributed by atoms with Gasteiger partial charge in [-0.05, 0) is 24.9 Å². The van der Waals surface area contributed by atoms with Gasteiger partial charge in [-0.25, -0.2) is 0 Å². The predicted molar refractivity (Wildman–Crippen MR) is 61.6 cm³/mol. The van der Waals surface area contributed by atoms with Crippen molar-refractivity contribution in [1.29, 1.82) is 0 Å². The number of aliphatic imine (C=N–C) groups is 1. The summed E-state index contributed by atoms with van der Waals surface area (Å²) in [7, 11) is 0. The fourth-order valence-electron chi connectivity index (χ4n) is 0.700. The van der Waals surface area contributed by atoms with Gasteiger partial charge in [-0.15, -0.1) is 0 Å². The lowest BCUT2D eigenvalue weighted by Gasteiger charge is -1.94. The van der Waals surface area contributed by atoms with Crippen molar-refractivity contribution in [1.82, 2.24) is 4.98 Å². The summed E-state index contributed by atoms with van der Waals surface area (Å²) in [5, 5.41) is 0. The Morgan fingerprint density at radius 2 is 2.08 bits per heavy atom. The Bertz CT molecular complexity index is 227. The summed E-state index contributed by atoms with van der Waals surface area (Å²) in [6, 6.07) is 3.66. The van der Waals surface area contributed by atoms with Gasteiger partial charge >= 0.3 is 0 Å². The van der Waals surface area contributed by atoms with Gasteiger partial charge in [0.25, 0.3) is 0 Å². The molecule has 13 heavy (non-hydrogen) atoms. The van der Waals surface area contributed by atoms with Crippen molar-refractivity contribution < 1.29 is 0 Å². The first-order chi connectivity index (χ1) is 5.88. The zero-order valence-electron chi connectivity index (χ0n) is 7.62. The third-order valence-electron chi connectivity index (χ3n) is 1.18. The molecule has 0 unspecified atom stereocenters. The number of nitrogens with zero attached hydrogens (tertiary/aromatic N) is 2. The zero-order valence-corrected chi connectivity index (χ0v) is 7.62. The first-order valence-electron chi connectivity index (χ1n) is 3.92. The maximum Gasteiger partial charge on any atom is 0.0879 e. The third-order valence-corrected chi connectivity index (χ3v) is 1.18. The molecule has 0 aliphatic rings. The smallest absolute Gasteiger partial charge is 0.0879 e. The minimum atomic E-state index is 0. The van der Waals surface area contributed by atoms with Crippen molar-refractivity contribution in [3.8, 4) is 0 Å². The molecule has 0 bridgehead atoms. The SMILES string of the molecule is C.C=Cc1ncccc1N=C.CC. The van der Waals surface area contributed by atoms with Gasteiger partial charge in [0.2, 0.25) is 0 Å². The van der Waals surface area contributed by atoms with Crippen LogP contribution in [0.3, 0.4) is 0 Å². The van der Waals surface area contributed by atoms with Gasteiger partial charge in [0.1, 0.15) is 0 Å². The minimum Gasteiger partial charge on any atom is -0.262 e. The predicted octanol–water partition coefficient (Wildman–Crippen LogP) is 3.72. The number of pyridine rings is 1. The van der Waals surface area contributed by atoms with Crippen LogP contribution in [0.1, 0.15) is 27.0 Å². The molecule has 0 saturated heterocycles. The van der Waals surface area contributed by atoms with Crippen LogP contribution in [-0.4, -0.2) is 11.7 Å². The highest BCUT2D eigenvalue weighted by Gasteiger charge is 1.92. The highest BCUT2D eigenvalue weighted by Crippen LogP contribution is 2.15. The molecule has 0 saturated carbocycles. The fraction of sp³-hybridized carbons (Fsp3) is 0.273. The summed E-state index contributed by atoms with van der Waals surface area (Å²) in [5.74, 6) is 0. The Balaban J connectivity index is 0. The molecule has 1 aromatic rings. The van der Waals surface area contributed by atoms with Crippen LogP contribution >= 0.6 is 0 Å². The summed E-state index contributed by atoms with van der Waals surface area (Å²) in [6.45, 7) is 11.0. The Morgan fingerprint density at radius 3 is 2.46 bits per heavy atom. The number of hydrogen-bond donors (Lipinski definition) is 0. The van der Waals surface area contributed by atoms with Crippen LogP contribution in [0.4, 0.5) is 5.69 Å².